The second-order valence-electron chi connectivity index (χ2n) is 12.5. The summed E-state index contributed by atoms with van der Waals surface area (Å²) >= 11 is 3.59. The van der Waals surface area contributed by atoms with Crippen LogP contribution in [0.25, 0.3) is 0 Å². The van der Waals surface area contributed by atoms with Crippen molar-refractivity contribution in [2.75, 3.05) is 11.5 Å². The maximum Gasteiger partial charge on any atom is 0.414 e. The van der Waals surface area contributed by atoms with Crippen LogP contribution in [0.1, 0.15) is 94.4 Å². The van der Waals surface area contributed by atoms with Crippen molar-refractivity contribution in [3.8, 4) is 0 Å². The number of ether oxygens (including phenoxy) is 2. The average Bonchev–Trinajstić information content (AvgIpc) is 3.26. The number of nitrogens with zero attached hydrogens (tertiary/aromatic N) is 1. The van der Waals surface area contributed by atoms with Crippen LogP contribution >= 0.6 is 23.5 Å². The summed E-state index contributed by atoms with van der Waals surface area (Å²) in [7, 11) is 0. The van der Waals surface area contributed by atoms with Crippen molar-refractivity contribution in [1.82, 2.24) is 21.3 Å². The number of alkyl carbamates (subject to hydrolysis) is 2. The standard InChI is InChI=1S/C29H49N5O6S2/c1-10-19(11-2)31-23(36)22(30-17(3)35)20-15-18(24-41-13-12-14-42-24)16-21(20)32-25(33-26(37)39-28(4,5)6)34-27(38)40-29(7,8)9/h19-22H,10-16H2,1-9H3,(H,30,35)(H,31,36)(H2,32,33,34,37,38). The van der Waals surface area contributed by atoms with Crippen LogP contribution in [-0.2, 0) is 19.1 Å². The first-order valence-electron chi connectivity index (χ1n) is 14.6. The monoisotopic (exact) mass is 627 g/mol. The van der Waals surface area contributed by atoms with Crippen LogP contribution in [0.3, 0.4) is 0 Å². The normalized spacial score (nSPS) is 20.0. The van der Waals surface area contributed by atoms with Crippen LogP contribution in [0.2, 0.25) is 0 Å². The Morgan fingerprint density at radius 2 is 1.40 bits per heavy atom. The number of thioether (sulfide) groups is 2. The zero-order valence-corrected chi connectivity index (χ0v) is 28.1. The van der Waals surface area contributed by atoms with Crippen LogP contribution in [-0.4, -0.2) is 70.8 Å². The number of rotatable bonds is 7. The van der Waals surface area contributed by atoms with E-state index in [1.54, 1.807) is 65.1 Å². The fourth-order valence-electron chi connectivity index (χ4n) is 4.62. The zero-order valence-electron chi connectivity index (χ0n) is 26.5. The summed E-state index contributed by atoms with van der Waals surface area (Å²) in [6, 6.07) is -1.43. The molecule has 4 N–H and O–H groups in total. The number of carbonyl (C=O) groups is 4. The summed E-state index contributed by atoms with van der Waals surface area (Å²) in [5.74, 6) is 0.848. The molecule has 1 aliphatic carbocycles. The summed E-state index contributed by atoms with van der Waals surface area (Å²) in [5.41, 5.74) is -0.412. The van der Waals surface area contributed by atoms with Crippen molar-refractivity contribution in [3.63, 3.8) is 0 Å². The molecule has 3 atom stereocenters. The Kier molecular flexibility index (Phi) is 13.5. The van der Waals surface area contributed by atoms with E-state index in [0.29, 0.717) is 12.8 Å². The van der Waals surface area contributed by atoms with Gasteiger partial charge in [-0.15, -0.1) is 23.5 Å². The van der Waals surface area contributed by atoms with Crippen LogP contribution in [0.15, 0.2) is 14.8 Å². The van der Waals surface area contributed by atoms with Gasteiger partial charge in [-0.3, -0.25) is 20.2 Å². The molecule has 0 aromatic rings. The van der Waals surface area contributed by atoms with Crippen LogP contribution < -0.4 is 21.3 Å². The molecule has 0 radical (unpaired) electrons. The Labute approximate surface area is 258 Å². The molecule has 2 rings (SSSR count). The Hall–Kier alpha value is -2.41. The van der Waals surface area contributed by atoms with E-state index in [0.717, 1.165) is 36.3 Å². The lowest BCUT2D eigenvalue weighted by atomic mass is 9.93. The van der Waals surface area contributed by atoms with Gasteiger partial charge in [-0.1, -0.05) is 13.8 Å². The van der Waals surface area contributed by atoms with Gasteiger partial charge in [0.1, 0.15) is 17.2 Å². The molecule has 0 spiro atoms. The molecule has 0 aromatic carbocycles. The van der Waals surface area contributed by atoms with E-state index in [1.165, 1.54) is 11.2 Å². The second kappa shape index (κ2) is 15.9. The number of guanidine groups is 1. The smallest absolute Gasteiger partial charge is 0.414 e. The van der Waals surface area contributed by atoms with E-state index in [2.05, 4.69) is 21.3 Å². The van der Waals surface area contributed by atoms with Gasteiger partial charge in [-0.05, 0) is 90.7 Å². The largest absolute Gasteiger partial charge is 0.444 e. The number of hydrogen-bond donors (Lipinski definition) is 4. The molecule has 42 heavy (non-hydrogen) atoms. The highest BCUT2D eigenvalue weighted by atomic mass is 32.2. The van der Waals surface area contributed by atoms with Crippen LogP contribution in [0.4, 0.5) is 9.59 Å². The lowest BCUT2D eigenvalue weighted by molar-refractivity contribution is -0.130. The van der Waals surface area contributed by atoms with Gasteiger partial charge in [0.2, 0.25) is 17.8 Å². The van der Waals surface area contributed by atoms with Crippen molar-refractivity contribution in [3.05, 3.63) is 9.81 Å². The number of carbonyl (C=O) groups excluding carboxylic acids is 4. The lowest BCUT2D eigenvalue weighted by Crippen LogP contribution is -2.54. The molecule has 0 bridgehead atoms. The minimum absolute atomic E-state index is 0.0300. The predicted molar refractivity (Wildman–Crippen MR) is 169 cm³/mol. The number of aliphatic imine (C=N–C) groups is 1. The molecular weight excluding hydrogens is 578 g/mol. The van der Waals surface area contributed by atoms with Gasteiger partial charge in [-0.2, -0.15) is 0 Å². The molecule has 2 aliphatic rings. The van der Waals surface area contributed by atoms with Crippen molar-refractivity contribution >= 4 is 53.5 Å². The highest BCUT2D eigenvalue weighted by Crippen LogP contribution is 2.45. The predicted octanol–water partition coefficient (Wildman–Crippen LogP) is 5.06. The first-order chi connectivity index (χ1) is 19.5. The Morgan fingerprint density at radius 1 is 0.881 bits per heavy atom. The minimum atomic E-state index is -0.863. The highest BCUT2D eigenvalue weighted by molar-refractivity contribution is 8.22. The van der Waals surface area contributed by atoms with Gasteiger partial charge in [-0.25, -0.2) is 14.6 Å². The SMILES string of the molecule is CCC(CC)NC(=O)C(NC(C)=O)C1CC(=C2SCCCS2)CC1N=C(NC(=O)OC(C)(C)C)NC(=O)OC(C)(C)C. The van der Waals surface area contributed by atoms with Gasteiger partial charge < -0.3 is 20.1 Å². The van der Waals surface area contributed by atoms with Crippen molar-refractivity contribution < 1.29 is 28.7 Å². The first kappa shape index (κ1) is 35.8. The molecule has 1 saturated heterocycles. The zero-order chi connectivity index (χ0) is 31.7. The van der Waals surface area contributed by atoms with Gasteiger partial charge in [0.25, 0.3) is 0 Å². The summed E-state index contributed by atoms with van der Waals surface area (Å²) in [5, 5.41) is 11.0. The molecule has 238 valence electrons. The van der Waals surface area contributed by atoms with Gasteiger partial charge >= 0.3 is 12.2 Å². The topological polar surface area (TPSA) is 147 Å². The second-order valence-corrected chi connectivity index (χ2v) is 15.0. The highest BCUT2D eigenvalue weighted by Gasteiger charge is 2.42. The van der Waals surface area contributed by atoms with Crippen LogP contribution in [0, 0.1) is 5.92 Å². The number of hydrogen-bond acceptors (Lipinski definition) is 9. The Balaban J connectivity index is 2.54. The molecule has 13 heteroatoms. The van der Waals surface area contributed by atoms with E-state index in [-0.39, 0.29) is 23.8 Å². The molecule has 3 unspecified atom stereocenters. The lowest BCUT2D eigenvalue weighted by Gasteiger charge is -2.29. The third-order valence-electron chi connectivity index (χ3n) is 6.41. The van der Waals surface area contributed by atoms with Gasteiger partial charge in [0, 0.05) is 23.1 Å². The maximum absolute atomic E-state index is 13.6. The van der Waals surface area contributed by atoms with E-state index < -0.39 is 41.4 Å². The molecule has 11 nitrogen and oxygen atoms in total. The first-order valence-corrected chi connectivity index (χ1v) is 16.6. The quantitative estimate of drug-likeness (QED) is 0.226. The maximum atomic E-state index is 13.6. The molecule has 4 amide bonds. The summed E-state index contributed by atoms with van der Waals surface area (Å²) < 4.78 is 12.0. The van der Waals surface area contributed by atoms with Crippen molar-refractivity contribution in [1.29, 1.82) is 0 Å². The van der Waals surface area contributed by atoms with Gasteiger partial charge in [0.15, 0.2) is 0 Å². The summed E-state index contributed by atoms with van der Waals surface area (Å²) in [6.45, 7) is 15.8. The third-order valence-corrected chi connectivity index (χ3v) is 9.20. The van der Waals surface area contributed by atoms with Crippen molar-refractivity contribution in [2.45, 2.75) is 124 Å². The minimum Gasteiger partial charge on any atom is -0.444 e. The molecule has 1 aliphatic heterocycles. The van der Waals surface area contributed by atoms with Gasteiger partial charge in [0.05, 0.1) is 6.04 Å². The van der Waals surface area contributed by atoms with Crippen molar-refractivity contribution in [2.24, 2.45) is 10.9 Å². The molecule has 1 saturated carbocycles. The number of amides is 4. The third kappa shape index (κ3) is 12.4. The van der Waals surface area contributed by atoms with E-state index in [4.69, 9.17) is 14.5 Å². The Bertz CT molecular complexity index is 1010. The number of nitrogens with one attached hydrogen (secondary N) is 4. The van der Waals surface area contributed by atoms with E-state index in [9.17, 15) is 19.2 Å². The van der Waals surface area contributed by atoms with Crippen LogP contribution in [0.5, 0.6) is 0 Å². The average molecular weight is 628 g/mol. The summed E-state index contributed by atoms with van der Waals surface area (Å²) in [4.78, 5) is 56.2. The van der Waals surface area contributed by atoms with E-state index >= 15 is 0 Å². The summed E-state index contributed by atoms with van der Waals surface area (Å²) in [6.07, 6.45) is 2.08. The molecule has 0 aromatic heterocycles. The Morgan fingerprint density at radius 3 is 1.86 bits per heavy atom. The molecular formula is C29H49N5O6S2. The molecule has 1 heterocycles. The van der Waals surface area contributed by atoms with E-state index in [1.807, 2.05) is 13.8 Å². The molecule has 2 fully saturated rings. The fourth-order valence-corrected chi connectivity index (χ4v) is 7.33. The fraction of sp³-hybridized carbons (Fsp3) is 0.759.